The summed E-state index contributed by atoms with van der Waals surface area (Å²) in [6.45, 7) is 1.49. The van der Waals surface area contributed by atoms with E-state index in [9.17, 15) is 22.8 Å². The number of hydrogen-bond acceptors (Lipinski definition) is 3. The van der Waals surface area contributed by atoms with E-state index in [0.29, 0.717) is 0 Å². The Hall–Kier alpha value is -3.86. The number of nitriles is 1. The summed E-state index contributed by atoms with van der Waals surface area (Å²) >= 11 is 0. The molecule has 0 aliphatic rings. The number of fused-ring (bicyclic) bond motifs is 1. The third-order valence-corrected chi connectivity index (χ3v) is 4.88. The van der Waals surface area contributed by atoms with Crippen LogP contribution in [0.5, 0.6) is 0 Å². The minimum Gasteiger partial charge on any atom is -0.340 e. The number of carbonyl (C=O) groups is 2. The summed E-state index contributed by atoms with van der Waals surface area (Å²) in [5.74, 6) is -1.42. The van der Waals surface area contributed by atoms with Crippen molar-refractivity contribution < 1.29 is 22.8 Å². The van der Waals surface area contributed by atoms with E-state index in [4.69, 9.17) is 5.26 Å². The lowest BCUT2D eigenvalue weighted by Crippen LogP contribution is -2.50. The van der Waals surface area contributed by atoms with Gasteiger partial charge in [-0.3, -0.25) is 9.59 Å². The Morgan fingerprint density at radius 1 is 0.969 bits per heavy atom. The van der Waals surface area contributed by atoms with Gasteiger partial charge in [0.25, 0.3) is 5.91 Å². The topological polar surface area (TPSA) is 82.0 Å². The summed E-state index contributed by atoms with van der Waals surface area (Å²) in [6, 6.07) is 17.2. The normalized spacial score (nSPS) is 13.1. The largest absolute Gasteiger partial charge is 0.416 e. The van der Waals surface area contributed by atoms with E-state index in [-0.39, 0.29) is 12.0 Å². The number of rotatable bonds is 6. The fourth-order valence-corrected chi connectivity index (χ4v) is 3.24. The second kappa shape index (κ2) is 9.52. The molecule has 5 nitrogen and oxygen atoms in total. The molecule has 3 aromatic rings. The van der Waals surface area contributed by atoms with Crippen LogP contribution >= 0.6 is 0 Å². The van der Waals surface area contributed by atoms with Gasteiger partial charge in [-0.1, -0.05) is 48.5 Å². The summed E-state index contributed by atoms with van der Waals surface area (Å²) < 4.78 is 39.0. The Kier molecular flexibility index (Phi) is 6.79. The third-order valence-electron chi connectivity index (χ3n) is 4.88. The van der Waals surface area contributed by atoms with Crippen LogP contribution in [0.4, 0.5) is 13.2 Å². The lowest BCUT2D eigenvalue weighted by atomic mass is 10.0. The van der Waals surface area contributed by atoms with Gasteiger partial charge >= 0.3 is 6.18 Å². The number of carbonyl (C=O) groups excluding carboxylic acids is 2. The second-order valence-corrected chi connectivity index (χ2v) is 7.35. The molecule has 0 heterocycles. The van der Waals surface area contributed by atoms with Crippen molar-refractivity contribution >= 4 is 22.6 Å². The van der Waals surface area contributed by atoms with Crippen LogP contribution in [-0.4, -0.2) is 23.9 Å². The molecule has 3 aromatic carbocycles. The number of nitrogens with zero attached hydrogens (tertiary/aromatic N) is 1. The Labute approximate surface area is 182 Å². The molecular formula is C24H20F3N3O2. The van der Waals surface area contributed by atoms with E-state index < -0.39 is 35.6 Å². The molecule has 2 N–H and O–H groups in total. The zero-order valence-electron chi connectivity index (χ0n) is 17.1. The van der Waals surface area contributed by atoms with Crippen molar-refractivity contribution in [2.45, 2.75) is 31.6 Å². The van der Waals surface area contributed by atoms with Crippen LogP contribution in [0, 0.1) is 11.3 Å². The summed E-state index contributed by atoms with van der Waals surface area (Å²) in [5, 5.41) is 15.9. The Balaban J connectivity index is 1.86. The maximum absolute atomic E-state index is 13.0. The van der Waals surface area contributed by atoms with Gasteiger partial charge in [0.2, 0.25) is 5.91 Å². The first kappa shape index (κ1) is 22.8. The molecule has 0 aromatic heterocycles. The van der Waals surface area contributed by atoms with E-state index in [1.165, 1.54) is 13.0 Å². The van der Waals surface area contributed by atoms with Crippen LogP contribution in [0.3, 0.4) is 0 Å². The first-order valence-electron chi connectivity index (χ1n) is 9.83. The molecule has 0 aliphatic heterocycles. The van der Waals surface area contributed by atoms with Crippen molar-refractivity contribution in [2.75, 3.05) is 0 Å². The smallest absolute Gasteiger partial charge is 0.340 e. The van der Waals surface area contributed by atoms with Crippen LogP contribution in [0.1, 0.15) is 28.4 Å². The van der Waals surface area contributed by atoms with Gasteiger partial charge < -0.3 is 10.6 Å². The van der Waals surface area contributed by atoms with Crippen LogP contribution in [-0.2, 0) is 17.4 Å². The molecular weight excluding hydrogens is 419 g/mol. The zero-order valence-corrected chi connectivity index (χ0v) is 17.1. The number of alkyl halides is 3. The molecule has 2 unspecified atom stereocenters. The lowest BCUT2D eigenvalue weighted by molar-refractivity contribution is -0.137. The Morgan fingerprint density at radius 2 is 1.69 bits per heavy atom. The molecule has 3 rings (SSSR count). The van der Waals surface area contributed by atoms with E-state index in [0.717, 1.165) is 34.5 Å². The van der Waals surface area contributed by atoms with Gasteiger partial charge in [-0.2, -0.15) is 18.4 Å². The Bertz CT molecular complexity index is 1180. The van der Waals surface area contributed by atoms with Crippen molar-refractivity contribution in [3.05, 3.63) is 83.4 Å². The predicted octanol–water partition coefficient (Wildman–Crippen LogP) is 4.23. The summed E-state index contributed by atoms with van der Waals surface area (Å²) in [6.07, 6.45) is -4.50. The maximum Gasteiger partial charge on any atom is 0.416 e. The molecule has 2 atom stereocenters. The molecule has 0 aliphatic carbocycles. The highest BCUT2D eigenvalue weighted by Gasteiger charge is 2.31. The molecule has 2 amide bonds. The standard InChI is InChI=1S/C24H20F3N3O2/c1-15(14-28)29-23(32)21(12-16-9-10-17-5-2-3-6-18(17)11-16)30-22(31)19-7-4-8-20(13-19)24(25,26)27/h2-11,13,15,21H,12H2,1H3,(H,29,32)(H,30,31). The number of halogens is 3. The summed E-state index contributed by atoms with van der Waals surface area (Å²) in [4.78, 5) is 25.4. The molecule has 0 saturated heterocycles. The summed E-state index contributed by atoms with van der Waals surface area (Å²) in [5.41, 5.74) is -0.430. The van der Waals surface area contributed by atoms with Gasteiger partial charge in [-0.05, 0) is 41.5 Å². The quantitative estimate of drug-likeness (QED) is 0.603. The minimum absolute atomic E-state index is 0.0967. The molecule has 0 radical (unpaired) electrons. The van der Waals surface area contributed by atoms with Gasteiger partial charge in [0.1, 0.15) is 12.1 Å². The highest BCUT2D eigenvalue weighted by Crippen LogP contribution is 2.29. The second-order valence-electron chi connectivity index (χ2n) is 7.35. The van der Waals surface area contributed by atoms with Gasteiger partial charge in [0.05, 0.1) is 11.6 Å². The van der Waals surface area contributed by atoms with Crippen molar-refractivity contribution in [1.29, 1.82) is 5.26 Å². The molecule has 164 valence electrons. The molecule has 0 bridgehead atoms. The van der Waals surface area contributed by atoms with Crippen molar-refractivity contribution in [3.8, 4) is 6.07 Å². The highest BCUT2D eigenvalue weighted by molar-refractivity contribution is 5.98. The van der Waals surface area contributed by atoms with Gasteiger partial charge in [-0.15, -0.1) is 0 Å². The van der Waals surface area contributed by atoms with Gasteiger partial charge in [0.15, 0.2) is 0 Å². The summed E-state index contributed by atoms with van der Waals surface area (Å²) in [7, 11) is 0. The fourth-order valence-electron chi connectivity index (χ4n) is 3.24. The SMILES string of the molecule is CC(C#N)NC(=O)C(Cc1ccc2ccccc2c1)NC(=O)c1cccc(C(F)(F)F)c1. The van der Waals surface area contributed by atoms with E-state index in [2.05, 4.69) is 10.6 Å². The number of hydrogen-bond donors (Lipinski definition) is 2. The molecule has 0 spiro atoms. The first-order valence-corrected chi connectivity index (χ1v) is 9.83. The number of amides is 2. The highest BCUT2D eigenvalue weighted by atomic mass is 19.4. The number of benzene rings is 3. The lowest BCUT2D eigenvalue weighted by Gasteiger charge is -2.20. The van der Waals surface area contributed by atoms with Crippen LogP contribution in [0.15, 0.2) is 66.7 Å². The van der Waals surface area contributed by atoms with E-state index in [1.54, 1.807) is 0 Å². The zero-order chi connectivity index (χ0) is 23.3. The average molecular weight is 439 g/mol. The predicted molar refractivity (Wildman–Crippen MR) is 114 cm³/mol. The van der Waals surface area contributed by atoms with Crippen LogP contribution in [0.25, 0.3) is 10.8 Å². The average Bonchev–Trinajstić information content (AvgIpc) is 2.77. The monoisotopic (exact) mass is 439 g/mol. The first-order chi connectivity index (χ1) is 15.2. The van der Waals surface area contributed by atoms with E-state index in [1.807, 2.05) is 48.5 Å². The minimum atomic E-state index is -4.60. The van der Waals surface area contributed by atoms with E-state index >= 15 is 0 Å². The fraction of sp³-hybridized carbons (Fsp3) is 0.208. The van der Waals surface area contributed by atoms with Crippen molar-refractivity contribution in [1.82, 2.24) is 10.6 Å². The van der Waals surface area contributed by atoms with Crippen LogP contribution in [0.2, 0.25) is 0 Å². The van der Waals surface area contributed by atoms with Crippen molar-refractivity contribution in [3.63, 3.8) is 0 Å². The molecule has 8 heteroatoms. The third kappa shape index (κ3) is 5.64. The van der Waals surface area contributed by atoms with Gasteiger partial charge in [0, 0.05) is 12.0 Å². The number of nitrogens with one attached hydrogen (secondary N) is 2. The Morgan fingerprint density at radius 3 is 2.38 bits per heavy atom. The van der Waals surface area contributed by atoms with Crippen molar-refractivity contribution in [2.24, 2.45) is 0 Å². The maximum atomic E-state index is 13.0. The van der Waals surface area contributed by atoms with Crippen LogP contribution < -0.4 is 10.6 Å². The molecule has 32 heavy (non-hydrogen) atoms. The molecule has 0 saturated carbocycles. The molecule has 0 fully saturated rings. The van der Waals surface area contributed by atoms with Gasteiger partial charge in [-0.25, -0.2) is 0 Å².